The highest BCUT2D eigenvalue weighted by Crippen LogP contribution is 2.27. The van der Waals surface area contributed by atoms with Crippen LogP contribution in [0.3, 0.4) is 0 Å². The topological polar surface area (TPSA) is 37.3 Å². The fourth-order valence-corrected chi connectivity index (χ4v) is 4.27. The van der Waals surface area contributed by atoms with Gasteiger partial charge in [0.05, 0.1) is 0 Å². The number of thiophene rings is 1. The van der Waals surface area contributed by atoms with Crippen LogP contribution in [0.4, 0.5) is 0 Å². The molecule has 2 rings (SSSR count). The van der Waals surface area contributed by atoms with Crippen LogP contribution in [0.5, 0.6) is 0 Å². The SMILES string of the molecule is O=C(O)C(Cc1ccccc1)SCc1cc(Br)cs1. The molecular formula is C14H13BrO2S2. The van der Waals surface area contributed by atoms with Gasteiger partial charge in [-0.2, -0.15) is 0 Å². The number of aliphatic carboxylic acids is 1. The van der Waals surface area contributed by atoms with Crippen molar-refractivity contribution in [3.63, 3.8) is 0 Å². The number of carbonyl (C=O) groups is 1. The number of benzene rings is 1. The summed E-state index contributed by atoms with van der Waals surface area (Å²) in [4.78, 5) is 12.5. The van der Waals surface area contributed by atoms with Crippen LogP contribution in [0.25, 0.3) is 0 Å². The first-order valence-corrected chi connectivity index (χ1v) is 8.48. The Labute approximate surface area is 129 Å². The van der Waals surface area contributed by atoms with Crippen molar-refractivity contribution in [2.24, 2.45) is 0 Å². The highest BCUT2D eigenvalue weighted by atomic mass is 79.9. The molecule has 0 spiro atoms. The highest BCUT2D eigenvalue weighted by Gasteiger charge is 2.18. The molecule has 1 aromatic heterocycles. The maximum atomic E-state index is 11.3. The number of thioether (sulfide) groups is 1. The number of carboxylic acids is 1. The first kappa shape index (κ1) is 14.6. The van der Waals surface area contributed by atoms with Gasteiger partial charge < -0.3 is 5.11 Å². The Bertz CT molecular complexity index is 539. The monoisotopic (exact) mass is 356 g/mol. The molecule has 1 unspecified atom stereocenters. The van der Waals surface area contributed by atoms with E-state index in [2.05, 4.69) is 15.9 Å². The van der Waals surface area contributed by atoms with Gasteiger partial charge in [-0.15, -0.1) is 23.1 Å². The van der Waals surface area contributed by atoms with Gasteiger partial charge in [0.15, 0.2) is 0 Å². The molecule has 1 atom stereocenters. The number of hydrogen-bond donors (Lipinski definition) is 1. The van der Waals surface area contributed by atoms with Crippen molar-refractivity contribution in [2.75, 3.05) is 0 Å². The van der Waals surface area contributed by atoms with Crippen molar-refractivity contribution in [1.29, 1.82) is 0 Å². The zero-order chi connectivity index (χ0) is 13.7. The minimum Gasteiger partial charge on any atom is -0.480 e. The van der Waals surface area contributed by atoms with Gasteiger partial charge in [0.2, 0.25) is 0 Å². The summed E-state index contributed by atoms with van der Waals surface area (Å²) < 4.78 is 1.06. The maximum absolute atomic E-state index is 11.3. The van der Waals surface area contributed by atoms with E-state index < -0.39 is 11.2 Å². The molecule has 2 aromatic rings. The minimum absolute atomic E-state index is 0.400. The van der Waals surface area contributed by atoms with Crippen LogP contribution in [0.1, 0.15) is 10.4 Å². The van der Waals surface area contributed by atoms with Gasteiger partial charge in [0.1, 0.15) is 5.25 Å². The predicted molar refractivity (Wildman–Crippen MR) is 84.9 cm³/mol. The first-order valence-electron chi connectivity index (χ1n) is 5.76. The molecule has 2 nitrogen and oxygen atoms in total. The lowest BCUT2D eigenvalue weighted by atomic mass is 10.1. The van der Waals surface area contributed by atoms with E-state index in [9.17, 15) is 9.90 Å². The van der Waals surface area contributed by atoms with Crippen molar-refractivity contribution in [1.82, 2.24) is 0 Å². The fraction of sp³-hybridized carbons (Fsp3) is 0.214. The number of hydrogen-bond acceptors (Lipinski definition) is 3. The van der Waals surface area contributed by atoms with Crippen molar-refractivity contribution in [3.8, 4) is 0 Å². The largest absolute Gasteiger partial charge is 0.480 e. The molecule has 0 aliphatic heterocycles. The van der Waals surface area contributed by atoms with Crippen LogP contribution in [-0.4, -0.2) is 16.3 Å². The molecule has 0 amide bonds. The molecule has 0 saturated carbocycles. The van der Waals surface area contributed by atoms with Crippen molar-refractivity contribution >= 4 is 45.0 Å². The number of carboxylic acid groups (broad SMARTS) is 1. The Hall–Kier alpha value is -0.780. The van der Waals surface area contributed by atoms with E-state index >= 15 is 0 Å². The molecule has 0 saturated heterocycles. The molecule has 1 N–H and O–H groups in total. The smallest absolute Gasteiger partial charge is 0.316 e. The Morgan fingerprint density at radius 1 is 1.37 bits per heavy atom. The van der Waals surface area contributed by atoms with Gasteiger partial charge in [-0.05, 0) is 34.0 Å². The average molecular weight is 357 g/mol. The van der Waals surface area contributed by atoms with E-state index in [-0.39, 0.29) is 0 Å². The van der Waals surface area contributed by atoms with Crippen LogP contribution in [0.2, 0.25) is 0 Å². The Morgan fingerprint density at radius 2 is 2.11 bits per heavy atom. The van der Waals surface area contributed by atoms with Crippen molar-refractivity contribution in [2.45, 2.75) is 17.4 Å². The summed E-state index contributed by atoms with van der Waals surface area (Å²) >= 11 is 6.54. The zero-order valence-electron chi connectivity index (χ0n) is 10.1. The van der Waals surface area contributed by atoms with Crippen LogP contribution in [0, 0.1) is 0 Å². The zero-order valence-corrected chi connectivity index (χ0v) is 13.3. The average Bonchev–Trinajstić information content (AvgIpc) is 2.81. The molecule has 100 valence electrons. The summed E-state index contributed by atoms with van der Waals surface area (Å²) in [5.41, 5.74) is 1.06. The second-order valence-corrected chi connectivity index (χ2v) is 7.16. The third-order valence-electron chi connectivity index (χ3n) is 2.59. The van der Waals surface area contributed by atoms with Gasteiger partial charge in [0.25, 0.3) is 0 Å². The summed E-state index contributed by atoms with van der Waals surface area (Å²) in [7, 11) is 0. The lowest BCUT2D eigenvalue weighted by molar-refractivity contribution is -0.136. The molecule has 0 fully saturated rings. The van der Waals surface area contributed by atoms with Gasteiger partial charge in [-0.1, -0.05) is 30.3 Å². The molecule has 19 heavy (non-hydrogen) atoms. The normalized spacial score (nSPS) is 12.3. The van der Waals surface area contributed by atoms with E-state index in [0.29, 0.717) is 6.42 Å². The summed E-state index contributed by atoms with van der Waals surface area (Å²) in [6, 6.07) is 11.8. The van der Waals surface area contributed by atoms with Gasteiger partial charge in [0, 0.05) is 20.5 Å². The van der Waals surface area contributed by atoms with E-state index in [1.807, 2.05) is 41.8 Å². The van der Waals surface area contributed by atoms with Gasteiger partial charge in [-0.25, -0.2) is 0 Å². The maximum Gasteiger partial charge on any atom is 0.316 e. The van der Waals surface area contributed by atoms with Crippen molar-refractivity contribution in [3.05, 3.63) is 56.7 Å². The lowest BCUT2D eigenvalue weighted by Crippen LogP contribution is -2.19. The van der Waals surface area contributed by atoms with Crippen LogP contribution < -0.4 is 0 Å². The summed E-state index contributed by atoms with van der Waals surface area (Å²) in [6.07, 6.45) is 0.563. The summed E-state index contributed by atoms with van der Waals surface area (Å²) in [5, 5.41) is 10.9. The van der Waals surface area contributed by atoms with Crippen LogP contribution in [0.15, 0.2) is 46.3 Å². The van der Waals surface area contributed by atoms with E-state index in [0.717, 1.165) is 15.8 Å². The quantitative estimate of drug-likeness (QED) is 0.831. The fourth-order valence-electron chi connectivity index (χ4n) is 1.66. The molecular weight excluding hydrogens is 344 g/mol. The Kier molecular flexibility index (Phi) is 5.48. The predicted octanol–water partition coefficient (Wildman–Crippen LogP) is 4.44. The van der Waals surface area contributed by atoms with E-state index in [4.69, 9.17) is 0 Å². The molecule has 0 radical (unpaired) electrons. The molecule has 0 aliphatic carbocycles. The number of halogens is 1. The van der Waals surface area contributed by atoms with Crippen LogP contribution >= 0.6 is 39.0 Å². The third-order valence-corrected chi connectivity index (χ3v) is 5.72. The second kappa shape index (κ2) is 7.12. The van der Waals surface area contributed by atoms with Gasteiger partial charge in [-0.3, -0.25) is 4.79 Å². The summed E-state index contributed by atoms with van der Waals surface area (Å²) in [5.74, 6) is -0.00968. The molecule has 5 heteroatoms. The Balaban J connectivity index is 1.95. The summed E-state index contributed by atoms with van der Waals surface area (Å²) in [6.45, 7) is 0. The second-order valence-electron chi connectivity index (χ2n) is 4.06. The molecule has 0 aliphatic rings. The van der Waals surface area contributed by atoms with Crippen molar-refractivity contribution < 1.29 is 9.90 Å². The van der Waals surface area contributed by atoms with E-state index in [1.54, 1.807) is 11.3 Å². The van der Waals surface area contributed by atoms with Gasteiger partial charge >= 0.3 is 5.97 Å². The lowest BCUT2D eigenvalue weighted by Gasteiger charge is -2.11. The first-order chi connectivity index (χ1) is 9.15. The standard InChI is InChI=1S/C14H13BrO2S2/c15-11-7-12(18-8-11)9-19-13(14(16)17)6-10-4-2-1-3-5-10/h1-5,7-8,13H,6,9H2,(H,16,17). The molecule has 1 heterocycles. The van der Waals surface area contributed by atoms with E-state index in [1.165, 1.54) is 16.6 Å². The molecule has 0 bridgehead atoms. The Morgan fingerprint density at radius 3 is 2.68 bits per heavy atom. The molecule has 1 aromatic carbocycles. The minimum atomic E-state index is -0.746. The third kappa shape index (κ3) is 4.67. The highest BCUT2D eigenvalue weighted by molar-refractivity contribution is 9.10. The number of rotatable bonds is 6. The van der Waals surface area contributed by atoms with Crippen LogP contribution in [-0.2, 0) is 17.0 Å².